The summed E-state index contributed by atoms with van der Waals surface area (Å²) < 4.78 is 4.97. The fourth-order valence-corrected chi connectivity index (χ4v) is 1.28. The first kappa shape index (κ1) is 10.7. The topological polar surface area (TPSA) is 73.9 Å². The molecule has 74 valence electrons. The Morgan fingerprint density at radius 1 is 1.47 bits per heavy atom. The van der Waals surface area contributed by atoms with Crippen LogP contribution in [0.4, 0.5) is 0 Å². The van der Waals surface area contributed by atoms with Crippen LogP contribution in [0.5, 0.6) is 5.75 Å². The molecular formula is C11H8N2O2. The summed E-state index contributed by atoms with van der Waals surface area (Å²) in [6.45, 7) is 0. The van der Waals surface area contributed by atoms with Crippen LogP contribution in [0.1, 0.15) is 21.5 Å². The van der Waals surface area contributed by atoms with E-state index in [1.54, 1.807) is 0 Å². The van der Waals surface area contributed by atoms with E-state index in [0.717, 1.165) is 0 Å². The Labute approximate surface area is 87.3 Å². The molecule has 0 radical (unpaired) electrons. The zero-order valence-corrected chi connectivity index (χ0v) is 8.15. The summed E-state index contributed by atoms with van der Waals surface area (Å²) >= 11 is 0. The predicted molar refractivity (Wildman–Crippen MR) is 52.4 cm³/mol. The van der Waals surface area contributed by atoms with Crippen LogP contribution in [0.15, 0.2) is 12.1 Å². The molecule has 0 saturated carbocycles. The molecule has 1 rings (SSSR count). The maximum absolute atomic E-state index is 10.8. The number of nitriles is 2. The van der Waals surface area contributed by atoms with Gasteiger partial charge in [-0.3, -0.25) is 4.79 Å². The van der Waals surface area contributed by atoms with Crippen molar-refractivity contribution < 1.29 is 9.53 Å². The van der Waals surface area contributed by atoms with Crippen LogP contribution in [0, 0.1) is 22.7 Å². The Morgan fingerprint density at radius 2 is 2.20 bits per heavy atom. The van der Waals surface area contributed by atoms with Gasteiger partial charge in [-0.2, -0.15) is 10.5 Å². The molecule has 1 aromatic carbocycles. The van der Waals surface area contributed by atoms with Crippen LogP contribution in [0.25, 0.3) is 0 Å². The third kappa shape index (κ3) is 2.12. The molecule has 0 atom stereocenters. The number of hydrogen-bond donors (Lipinski definition) is 0. The summed E-state index contributed by atoms with van der Waals surface area (Å²) in [6.07, 6.45) is 0.715. The van der Waals surface area contributed by atoms with Crippen molar-refractivity contribution in [2.24, 2.45) is 0 Å². The van der Waals surface area contributed by atoms with E-state index in [2.05, 4.69) is 0 Å². The molecule has 0 aromatic heterocycles. The van der Waals surface area contributed by atoms with E-state index in [1.807, 2.05) is 12.1 Å². The highest BCUT2D eigenvalue weighted by Crippen LogP contribution is 2.23. The van der Waals surface area contributed by atoms with Gasteiger partial charge in [0, 0.05) is 0 Å². The minimum absolute atomic E-state index is 0.0833. The molecular weight excluding hydrogens is 192 g/mol. The van der Waals surface area contributed by atoms with Gasteiger partial charge in [0.1, 0.15) is 5.75 Å². The Bertz CT molecular complexity index is 467. The van der Waals surface area contributed by atoms with E-state index in [0.29, 0.717) is 28.7 Å². The number of carbonyl (C=O) groups is 1. The van der Waals surface area contributed by atoms with E-state index in [4.69, 9.17) is 15.3 Å². The van der Waals surface area contributed by atoms with Crippen molar-refractivity contribution in [3.63, 3.8) is 0 Å². The molecule has 0 amide bonds. The van der Waals surface area contributed by atoms with Gasteiger partial charge in [0.25, 0.3) is 0 Å². The summed E-state index contributed by atoms with van der Waals surface area (Å²) in [6, 6.07) is 6.88. The number of nitrogens with zero attached hydrogens (tertiary/aromatic N) is 2. The molecule has 4 heteroatoms. The number of methoxy groups -OCH3 is 1. The van der Waals surface area contributed by atoms with E-state index in [1.165, 1.54) is 19.2 Å². The fourth-order valence-electron chi connectivity index (χ4n) is 1.28. The number of rotatable bonds is 3. The maximum Gasteiger partial charge on any atom is 0.154 e. The minimum atomic E-state index is 0.0833. The maximum atomic E-state index is 10.8. The van der Waals surface area contributed by atoms with E-state index in [9.17, 15) is 4.79 Å². The van der Waals surface area contributed by atoms with Gasteiger partial charge in [-0.15, -0.1) is 0 Å². The van der Waals surface area contributed by atoms with Gasteiger partial charge in [0.15, 0.2) is 6.29 Å². The quantitative estimate of drug-likeness (QED) is 0.692. The summed E-state index contributed by atoms with van der Waals surface area (Å²) in [4.78, 5) is 10.8. The zero-order valence-electron chi connectivity index (χ0n) is 8.15. The first-order chi connectivity index (χ1) is 7.26. The van der Waals surface area contributed by atoms with Gasteiger partial charge in [0.2, 0.25) is 0 Å². The average Bonchev–Trinajstić information content (AvgIpc) is 2.28. The highest BCUT2D eigenvalue weighted by molar-refractivity contribution is 5.82. The highest BCUT2D eigenvalue weighted by Gasteiger charge is 2.10. The number of hydrogen-bond acceptors (Lipinski definition) is 4. The third-order valence-corrected chi connectivity index (χ3v) is 1.96. The summed E-state index contributed by atoms with van der Waals surface area (Å²) in [5.41, 5.74) is 1.23. The van der Waals surface area contributed by atoms with Crippen LogP contribution in [0.3, 0.4) is 0 Å². The van der Waals surface area contributed by atoms with Crippen LogP contribution >= 0.6 is 0 Å². The average molecular weight is 200 g/mol. The lowest BCUT2D eigenvalue weighted by atomic mass is 10.0. The van der Waals surface area contributed by atoms with Crippen molar-refractivity contribution in [3.8, 4) is 17.9 Å². The predicted octanol–water partition coefficient (Wildman–Crippen LogP) is 1.45. The normalized spacial score (nSPS) is 8.73. The molecule has 0 fully saturated rings. The lowest BCUT2D eigenvalue weighted by Gasteiger charge is -2.07. The van der Waals surface area contributed by atoms with Gasteiger partial charge >= 0.3 is 0 Å². The molecule has 4 nitrogen and oxygen atoms in total. The number of benzene rings is 1. The van der Waals surface area contributed by atoms with Crippen molar-refractivity contribution in [2.45, 2.75) is 6.42 Å². The molecule has 15 heavy (non-hydrogen) atoms. The Hall–Kier alpha value is -2.33. The molecule has 0 aliphatic rings. The fraction of sp³-hybridized carbons (Fsp3) is 0.182. The lowest BCUT2D eigenvalue weighted by molar-refractivity contribution is 0.112. The zero-order chi connectivity index (χ0) is 11.3. The molecule has 0 heterocycles. The lowest BCUT2D eigenvalue weighted by Crippen LogP contribution is -1.98. The molecule has 0 aliphatic heterocycles. The van der Waals surface area contributed by atoms with Crippen LogP contribution < -0.4 is 4.74 Å². The van der Waals surface area contributed by atoms with Gasteiger partial charge in [0.05, 0.1) is 36.8 Å². The molecule has 0 saturated heterocycles. The first-order valence-corrected chi connectivity index (χ1v) is 4.20. The van der Waals surface area contributed by atoms with Crippen molar-refractivity contribution in [2.75, 3.05) is 7.11 Å². The molecule has 1 aromatic rings. The summed E-state index contributed by atoms with van der Waals surface area (Å²) in [7, 11) is 1.42. The molecule has 0 bridgehead atoms. The monoisotopic (exact) mass is 200 g/mol. The Balaban J connectivity index is 3.41. The second-order valence-corrected chi connectivity index (χ2v) is 2.82. The van der Waals surface area contributed by atoms with Crippen molar-refractivity contribution in [1.82, 2.24) is 0 Å². The van der Waals surface area contributed by atoms with E-state index >= 15 is 0 Å². The second-order valence-electron chi connectivity index (χ2n) is 2.82. The first-order valence-electron chi connectivity index (χ1n) is 4.20. The van der Waals surface area contributed by atoms with Crippen LogP contribution in [-0.2, 0) is 6.42 Å². The number of carbonyl (C=O) groups excluding carboxylic acids is 1. The second kappa shape index (κ2) is 4.78. The Morgan fingerprint density at radius 3 is 2.67 bits per heavy atom. The summed E-state index contributed by atoms with van der Waals surface area (Å²) in [5.74, 6) is 0.328. The van der Waals surface area contributed by atoms with Gasteiger partial charge < -0.3 is 4.74 Å². The van der Waals surface area contributed by atoms with Crippen LogP contribution in [0.2, 0.25) is 0 Å². The SMILES string of the molecule is COc1cc(C#N)cc(CC#N)c1C=O. The number of aldehydes is 1. The third-order valence-electron chi connectivity index (χ3n) is 1.96. The standard InChI is InChI=1S/C11H8N2O2/c1-15-11-5-8(6-13)4-9(2-3-12)10(11)7-14/h4-5,7H,2H2,1H3. The Kier molecular flexibility index (Phi) is 3.43. The molecule has 0 N–H and O–H groups in total. The van der Waals surface area contributed by atoms with Gasteiger partial charge in [-0.25, -0.2) is 0 Å². The molecule has 0 spiro atoms. The number of ether oxygens (including phenoxy) is 1. The van der Waals surface area contributed by atoms with E-state index < -0.39 is 0 Å². The molecule has 0 aliphatic carbocycles. The summed E-state index contributed by atoms with van der Waals surface area (Å²) in [5, 5.41) is 17.3. The minimum Gasteiger partial charge on any atom is -0.496 e. The largest absolute Gasteiger partial charge is 0.496 e. The highest BCUT2D eigenvalue weighted by atomic mass is 16.5. The van der Waals surface area contributed by atoms with Crippen molar-refractivity contribution in [3.05, 3.63) is 28.8 Å². The molecule has 0 unspecified atom stereocenters. The van der Waals surface area contributed by atoms with Crippen molar-refractivity contribution in [1.29, 1.82) is 10.5 Å². The van der Waals surface area contributed by atoms with Crippen LogP contribution in [-0.4, -0.2) is 13.4 Å². The van der Waals surface area contributed by atoms with Crippen molar-refractivity contribution >= 4 is 6.29 Å². The smallest absolute Gasteiger partial charge is 0.154 e. The van der Waals surface area contributed by atoms with E-state index in [-0.39, 0.29) is 6.42 Å². The van der Waals surface area contributed by atoms with Gasteiger partial charge in [-0.1, -0.05) is 0 Å². The van der Waals surface area contributed by atoms with Gasteiger partial charge in [-0.05, 0) is 17.7 Å².